The summed E-state index contributed by atoms with van der Waals surface area (Å²) < 4.78 is 0. The molecule has 0 unspecified atom stereocenters. The number of hydrogen-bond acceptors (Lipinski definition) is 5. The van der Waals surface area contributed by atoms with E-state index in [0.717, 1.165) is 5.13 Å². The second kappa shape index (κ2) is 4.28. The highest BCUT2D eigenvalue weighted by Gasteiger charge is 2.11. The Bertz CT molecular complexity index is 511. The van der Waals surface area contributed by atoms with Crippen molar-refractivity contribution in [1.82, 2.24) is 4.98 Å². The monoisotopic (exact) mass is 235 g/mol. The third kappa shape index (κ3) is 2.17. The minimum absolute atomic E-state index is 0.113. The first-order valence-corrected chi connectivity index (χ1v) is 5.46. The van der Waals surface area contributed by atoms with Crippen molar-refractivity contribution in [2.24, 2.45) is 0 Å². The smallest absolute Gasteiger partial charge is 0.274 e. The molecule has 0 fully saturated rings. The molecule has 82 valence electrons. The number of nitro groups is 1. The van der Waals surface area contributed by atoms with Crippen LogP contribution in [0.15, 0.2) is 29.8 Å². The zero-order valence-electron chi connectivity index (χ0n) is 8.51. The number of rotatable bonds is 3. The van der Waals surface area contributed by atoms with Crippen LogP contribution in [0, 0.1) is 17.0 Å². The van der Waals surface area contributed by atoms with Gasteiger partial charge in [-0.1, -0.05) is 6.07 Å². The molecular formula is C10H9N3O2S. The van der Waals surface area contributed by atoms with Crippen LogP contribution in [0.4, 0.5) is 16.5 Å². The average molecular weight is 235 g/mol. The maximum Gasteiger partial charge on any atom is 0.274 e. The average Bonchev–Trinajstić information content (AvgIpc) is 2.73. The van der Waals surface area contributed by atoms with Crippen LogP contribution in [0.2, 0.25) is 0 Å². The second-order valence-corrected chi connectivity index (χ2v) is 4.12. The third-order valence-corrected chi connectivity index (χ3v) is 2.78. The van der Waals surface area contributed by atoms with Crippen molar-refractivity contribution >= 4 is 27.8 Å². The Morgan fingerprint density at radius 2 is 2.31 bits per heavy atom. The van der Waals surface area contributed by atoms with Crippen LogP contribution < -0.4 is 5.32 Å². The number of anilines is 2. The summed E-state index contributed by atoms with van der Waals surface area (Å²) >= 11 is 1.44. The quantitative estimate of drug-likeness (QED) is 0.655. The number of hydrogen-bond donors (Lipinski definition) is 1. The standard InChI is InChI=1S/C10H9N3O2S/c1-7-2-3-8(6-9(7)13(14)15)12-10-11-4-5-16-10/h2-6H,1H3,(H,11,12). The van der Waals surface area contributed by atoms with Crippen LogP contribution in [-0.4, -0.2) is 9.91 Å². The fourth-order valence-electron chi connectivity index (χ4n) is 1.29. The first-order chi connectivity index (χ1) is 7.66. The molecule has 0 atom stereocenters. The summed E-state index contributed by atoms with van der Waals surface area (Å²) in [5, 5.41) is 16.3. The van der Waals surface area contributed by atoms with E-state index >= 15 is 0 Å². The van der Waals surface area contributed by atoms with Gasteiger partial charge in [-0.15, -0.1) is 11.3 Å². The lowest BCUT2D eigenvalue weighted by molar-refractivity contribution is -0.385. The van der Waals surface area contributed by atoms with Crippen molar-refractivity contribution < 1.29 is 4.92 Å². The molecule has 0 bridgehead atoms. The van der Waals surface area contributed by atoms with Gasteiger partial charge in [0.25, 0.3) is 5.69 Å². The van der Waals surface area contributed by atoms with Crippen LogP contribution >= 0.6 is 11.3 Å². The predicted octanol–water partition coefficient (Wildman–Crippen LogP) is 3.10. The van der Waals surface area contributed by atoms with Crippen molar-refractivity contribution in [3.8, 4) is 0 Å². The van der Waals surface area contributed by atoms with Crippen LogP contribution in [0.3, 0.4) is 0 Å². The van der Waals surface area contributed by atoms with E-state index in [1.54, 1.807) is 25.3 Å². The number of aromatic nitrogens is 1. The van der Waals surface area contributed by atoms with Gasteiger partial charge in [-0.3, -0.25) is 10.1 Å². The topological polar surface area (TPSA) is 68.1 Å². The van der Waals surface area contributed by atoms with E-state index in [1.807, 2.05) is 5.38 Å². The largest absolute Gasteiger partial charge is 0.331 e. The number of aryl methyl sites for hydroxylation is 1. The molecule has 0 aliphatic heterocycles. The van der Waals surface area contributed by atoms with Gasteiger partial charge >= 0.3 is 0 Å². The van der Waals surface area contributed by atoms with Gasteiger partial charge < -0.3 is 5.32 Å². The number of thiazole rings is 1. The van der Waals surface area contributed by atoms with Crippen LogP contribution in [0.5, 0.6) is 0 Å². The maximum absolute atomic E-state index is 10.7. The predicted molar refractivity (Wildman–Crippen MR) is 63.2 cm³/mol. The molecule has 1 aromatic heterocycles. The van der Waals surface area contributed by atoms with Gasteiger partial charge in [0.1, 0.15) is 0 Å². The lowest BCUT2D eigenvalue weighted by Crippen LogP contribution is -1.94. The molecule has 0 radical (unpaired) electrons. The lowest BCUT2D eigenvalue weighted by Gasteiger charge is -2.03. The van der Waals surface area contributed by atoms with Crippen molar-refractivity contribution in [1.29, 1.82) is 0 Å². The summed E-state index contributed by atoms with van der Waals surface area (Å²) in [6.07, 6.45) is 1.68. The first kappa shape index (κ1) is 10.6. The molecule has 0 saturated heterocycles. The number of benzene rings is 1. The van der Waals surface area contributed by atoms with Crippen LogP contribution in [-0.2, 0) is 0 Å². The van der Waals surface area contributed by atoms with Crippen molar-refractivity contribution in [2.75, 3.05) is 5.32 Å². The Hall–Kier alpha value is -1.95. The minimum atomic E-state index is -0.387. The summed E-state index contributed by atoms with van der Waals surface area (Å²) in [6, 6.07) is 5.02. The van der Waals surface area contributed by atoms with E-state index in [-0.39, 0.29) is 10.6 Å². The molecular weight excluding hydrogens is 226 g/mol. The van der Waals surface area contributed by atoms with Gasteiger partial charge in [-0.25, -0.2) is 4.98 Å². The third-order valence-electron chi connectivity index (χ3n) is 2.09. The number of nitrogens with one attached hydrogen (secondary N) is 1. The molecule has 2 aromatic rings. The minimum Gasteiger partial charge on any atom is -0.331 e. The van der Waals surface area contributed by atoms with Gasteiger partial charge in [0.2, 0.25) is 0 Å². The molecule has 0 aliphatic carbocycles. The SMILES string of the molecule is Cc1ccc(Nc2nccs2)cc1[N+](=O)[O-]. The van der Waals surface area contributed by atoms with Gasteiger partial charge in [0.05, 0.1) is 4.92 Å². The van der Waals surface area contributed by atoms with Gasteiger partial charge in [0, 0.05) is 28.9 Å². The molecule has 2 rings (SSSR count). The summed E-state index contributed by atoms with van der Waals surface area (Å²) in [4.78, 5) is 14.4. The number of nitro benzene ring substituents is 1. The van der Waals surface area contributed by atoms with E-state index in [2.05, 4.69) is 10.3 Å². The molecule has 6 heteroatoms. The maximum atomic E-state index is 10.7. The van der Waals surface area contributed by atoms with Crippen molar-refractivity contribution in [3.63, 3.8) is 0 Å². The molecule has 0 amide bonds. The number of nitrogens with zero attached hydrogens (tertiary/aromatic N) is 2. The van der Waals surface area contributed by atoms with Crippen molar-refractivity contribution in [2.45, 2.75) is 6.92 Å². The second-order valence-electron chi connectivity index (χ2n) is 3.22. The normalized spacial score (nSPS) is 10.1. The van der Waals surface area contributed by atoms with Crippen LogP contribution in [0.25, 0.3) is 0 Å². The molecule has 1 N–H and O–H groups in total. The highest BCUT2D eigenvalue weighted by atomic mass is 32.1. The summed E-state index contributed by atoms with van der Waals surface area (Å²) in [5.74, 6) is 0. The highest BCUT2D eigenvalue weighted by Crippen LogP contribution is 2.25. The summed E-state index contributed by atoms with van der Waals surface area (Å²) in [7, 11) is 0. The van der Waals surface area contributed by atoms with Crippen LogP contribution in [0.1, 0.15) is 5.56 Å². The molecule has 1 heterocycles. The van der Waals surface area contributed by atoms with E-state index in [1.165, 1.54) is 17.4 Å². The Balaban J connectivity index is 2.29. The molecule has 16 heavy (non-hydrogen) atoms. The first-order valence-electron chi connectivity index (χ1n) is 4.58. The molecule has 0 spiro atoms. The zero-order chi connectivity index (χ0) is 11.5. The molecule has 0 aliphatic rings. The Morgan fingerprint density at radius 1 is 1.50 bits per heavy atom. The Kier molecular flexibility index (Phi) is 2.82. The molecule has 5 nitrogen and oxygen atoms in total. The fraction of sp³-hybridized carbons (Fsp3) is 0.100. The van der Waals surface area contributed by atoms with E-state index in [0.29, 0.717) is 11.3 Å². The Morgan fingerprint density at radius 3 is 2.94 bits per heavy atom. The molecule has 1 aromatic carbocycles. The Labute approximate surface area is 95.9 Å². The summed E-state index contributed by atoms with van der Waals surface area (Å²) in [6.45, 7) is 1.71. The van der Waals surface area contributed by atoms with E-state index in [9.17, 15) is 10.1 Å². The van der Waals surface area contributed by atoms with Gasteiger partial charge in [-0.2, -0.15) is 0 Å². The molecule has 0 saturated carbocycles. The van der Waals surface area contributed by atoms with Crippen molar-refractivity contribution in [3.05, 3.63) is 45.5 Å². The lowest BCUT2D eigenvalue weighted by atomic mass is 10.2. The van der Waals surface area contributed by atoms with E-state index in [4.69, 9.17) is 0 Å². The summed E-state index contributed by atoms with van der Waals surface area (Å²) in [5.41, 5.74) is 1.43. The zero-order valence-corrected chi connectivity index (χ0v) is 9.32. The highest BCUT2D eigenvalue weighted by molar-refractivity contribution is 7.13. The van der Waals surface area contributed by atoms with Gasteiger partial charge in [-0.05, 0) is 13.0 Å². The fourth-order valence-corrected chi connectivity index (χ4v) is 1.84. The van der Waals surface area contributed by atoms with Gasteiger partial charge in [0.15, 0.2) is 5.13 Å². The van der Waals surface area contributed by atoms with E-state index < -0.39 is 0 Å².